The summed E-state index contributed by atoms with van der Waals surface area (Å²) < 4.78 is 0. The van der Waals surface area contributed by atoms with Gasteiger partial charge in [0.1, 0.15) is 0 Å². The summed E-state index contributed by atoms with van der Waals surface area (Å²) in [4.78, 5) is 25.6. The molecule has 0 radical (unpaired) electrons. The number of H-pyrrole nitrogens is 1. The minimum absolute atomic E-state index is 0.190. The van der Waals surface area contributed by atoms with Gasteiger partial charge in [0.2, 0.25) is 5.91 Å². The molecular weight excluding hydrogens is 254 g/mol. The second-order valence-electron chi connectivity index (χ2n) is 5.98. The highest BCUT2D eigenvalue weighted by Crippen LogP contribution is 2.27. The minimum Gasteiger partial charge on any atom is -0.338 e. The van der Waals surface area contributed by atoms with Crippen molar-refractivity contribution in [1.29, 1.82) is 0 Å². The van der Waals surface area contributed by atoms with Crippen molar-refractivity contribution in [1.82, 2.24) is 15.1 Å². The van der Waals surface area contributed by atoms with Crippen molar-refractivity contribution >= 4 is 5.91 Å². The first-order chi connectivity index (χ1) is 9.72. The number of fused-ring (bicyclic) bond motifs is 1. The summed E-state index contributed by atoms with van der Waals surface area (Å²) >= 11 is 0. The van der Waals surface area contributed by atoms with E-state index in [4.69, 9.17) is 0 Å². The Kier molecular flexibility index (Phi) is 3.85. The Balaban J connectivity index is 1.63. The number of hydrogen-bond donors (Lipinski definition) is 1. The van der Waals surface area contributed by atoms with Crippen LogP contribution in [0.4, 0.5) is 0 Å². The zero-order chi connectivity index (χ0) is 13.9. The molecule has 108 valence electrons. The van der Waals surface area contributed by atoms with Gasteiger partial charge in [0.15, 0.2) is 0 Å². The topological polar surface area (TPSA) is 66.1 Å². The molecule has 1 aromatic heterocycles. The Morgan fingerprint density at radius 2 is 2.15 bits per heavy atom. The van der Waals surface area contributed by atoms with E-state index in [9.17, 15) is 9.59 Å². The molecule has 1 aromatic rings. The number of nitrogens with zero attached hydrogens (tertiary/aromatic N) is 2. The van der Waals surface area contributed by atoms with E-state index in [1.807, 2.05) is 4.90 Å². The van der Waals surface area contributed by atoms with E-state index < -0.39 is 0 Å². The van der Waals surface area contributed by atoms with Gasteiger partial charge in [0.25, 0.3) is 5.56 Å². The van der Waals surface area contributed by atoms with Crippen molar-refractivity contribution in [2.75, 3.05) is 6.54 Å². The van der Waals surface area contributed by atoms with Gasteiger partial charge in [-0.05, 0) is 18.8 Å². The molecule has 1 saturated carbocycles. The first-order valence-electron chi connectivity index (χ1n) is 7.57. The van der Waals surface area contributed by atoms with E-state index in [2.05, 4.69) is 10.2 Å². The predicted octanol–water partition coefficient (Wildman–Crippen LogP) is 1.62. The minimum atomic E-state index is -0.190. The number of carbonyl (C=O) groups excluding carboxylic acids is 1. The van der Waals surface area contributed by atoms with Crippen LogP contribution in [0, 0.1) is 5.92 Å². The summed E-state index contributed by atoms with van der Waals surface area (Å²) in [5, 5.41) is 6.51. The molecule has 2 heterocycles. The van der Waals surface area contributed by atoms with Crippen molar-refractivity contribution in [3.63, 3.8) is 0 Å². The van der Waals surface area contributed by atoms with Crippen LogP contribution in [-0.2, 0) is 17.8 Å². The normalized spacial score (nSPS) is 19.7. The van der Waals surface area contributed by atoms with Gasteiger partial charge in [-0.2, -0.15) is 5.10 Å². The number of rotatable bonds is 2. The fourth-order valence-corrected chi connectivity index (χ4v) is 3.33. The summed E-state index contributed by atoms with van der Waals surface area (Å²) in [6.07, 6.45) is 7.64. The molecule has 0 atom stereocenters. The summed E-state index contributed by atoms with van der Waals surface area (Å²) in [5.41, 5.74) is 1.63. The maximum absolute atomic E-state index is 12.4. The third-order valence-corrected chi connectivity index (χ3v) is 4.50. The third-order valence-electron chi connectivity index (χ3n) is 4.50. The van der Waals surface area contributed by atoms with Crippen LogP contribution in [0.1, 0.15) is 49.8 Å². The van der Waals surface area contributed by atoms with Crippen molar-refractivity contribution in [2.45, 2.75) is 51.5 Å². The third kappa shape index (κ3) is 2.92. The SMILES string of the molecule is O=C(CC1CCCCC1)N1CCc2n[nH]c(=O)cc2C1. The van der Waals surface area contributed by atoms with Crippen LogP contribution in [0.5, 0.6) is 0 Å². The molecule has 0 bridgehead atoms. The number of nitrogens with one attached hydrogen (secondary N) is 1. The van der Waals surface area contributed by atoms with E-state index in [0.717, 1.165) is 24.2 Å². The molecule has 1 fully saturated rings. The summed E-state index contributed by atoms with van der Waals surface area (Å²) in [6.45, 7) is 1.26. The molecule has 1 N–H and O–H groups in total. The molecule has 0 aromatic carbocycles. The lowest BCUT2D eigenvalue weighted by atomic mass is 9.86. The van der Waals surface area contributed by atoms with Gasteiger partial charge >= 0.3 is 0 Å². The maximum atomic E-state index is 12.4. The van der Waals surface area contributed by atoms with E-state index in [1.54, 1.807) is 6.07 Å². The Bertz CT molecular complexity index is 546. The highest BCUT2D eigenvalue weighted by molar-refractivity contribution is 5.76. The average molecular weight is 275 g/mol. The van der Waals surface area contributed by atoms with Crippen LogP contribution in [0.25, 0.3) is 0 Å². The van der Waals surface area contributed by atoms with E-state index >= 15 is 0 Å². The van der Waals surface area contributed by atoms with E-state index in [-0.39, 0.29) is 11.5 Å². The highest BCUT2D eigenvalue weighted by atomic mass is 16.2. The van der Waals surface area contributed by atoms with Gasteiger partial charge in [-0.25, -0.2) is 5.10 Å². The zero-order valence-electron chi connectivity index (χ0n) is 11.7. The Morgan fingerprint density at radius 1 is 1.35 bits per heavy atom. The van der Waals surface area contributed by atoms with E-state index in [1.165, 1.54) is 32.1 Å². The molecule has 5 heteroatoms. The van der Waals surface area contributed by atoms with Gasteiger partial charge in [0.05, 0.1) is 5.69 Å². The van der Waals surface area contributed by atoms with Gasteiger partial charge in [0, 0.05) is 37.6 Å². The molecule has 1 amide bonds. The lowest BCUT2D eigenvalue weighted by Gasteiger charge is -2.30. The Labute approximate surface area is 118 Å². The fourth-order valence-electron chi connectivity index (χ4n) is 3.33. The Morgan fingerprint density at radius 3 is 2.95 bits per heavy atom. The molecule has 5 nitrogen and oxygen atoms in total. The molecule has 0 spiro atoms. The quantitative estimate of drug-likeness (QED) is 0.892. The number of carbonyl (C=O) groups is 1. The standard InChI is InChI=1S/C15H21N3O2/c19-14-9-12-10-18(7-6-13(12)16-17-14)15(20)8-11-4-2-1-3-5-11/h9,11H,1-8,10H2,(H,17,19). The van der Waals surface area contributed by atoms with Gasteiger partial charge in [-0.1, -0.05) is 19.3 Å². The van der Waals surface area contributed by atoms with Crippen molar-refractivity contribution in [3.05, 3.63) is 27.7 Å². The number of aromatic nitrogens is 2. The molecule has 2 aliphatic rings. The molecule has 1 aliphatic carbocycles. The van der Waals surface area contributed by atoms with Crippen LogP contribution in [0.15, 0.2) is 10.9 Å². The predicted molar refractivity (Wildman–Crippen MR) is 75.2 cm³/mol. The van der Waals surface area contributed by atoms with Crippen LogP contribution in [0.2, 0.25) is 0 Å². The molecule has 0 saturated heterocycles. The second-order valence-corrected chi connectivity index (χ2v) is 5.98. The van der Waals surface area contributed by atoms with Gasteiger partial charge in [-0.3, -0.25) is 9.59 Å². The zero-order valence-corrected chi connectivity index (χ0v) is 11.7. The number of amides is 1. The molecule has 0 unspecified atom stereocenters. The van der Waals surface area contributed by atoms with Gasteiger partial charge < -0.3 is 4.90 Å². The fraction of sp³-hybridized carbons (Fsp3) is 0.667. The molecule has 1 aliphatic heterocycles. The number of aromatic amines is 1. The highest BCUT2D eigenvalue weighted by Gasteiger charge is 2.25. The van der Waals surface area contributed by atoms with Crippen LogP contribution < -0.4 is 5.56 Å². The van der Waals surface area contributed by atoms with E-state index in [0.29, 0.717) is 18.9 Å². The van der Waals surface area contributed by atoms with Crippen molar-refractivity contribution in [2.24, 2.45) is 5.92 Å². The lowest BCUT2D eigenvalue weighted by molar-refractivity contribution is -0.133. The van der Waals surface area contributed by atoms with Crippen LogP contribution in [0.3, 0.4) is 0 Å². The lowest BCUT2D eigenvalue weighted by Crippen LogP contribution is -2.38. The van der Waals surface area contributed by atoms with Crippen molar-refractivity contribution in [3.8, 4) is 0 Å². The smallest absolute Gasteiger partial charge is 0.264 e. The van der Waals surface area contributed by atoms with Crippen molar-refractivity contribution < 1.29 is 4.79 Å². The molecular formula is C15H21N3O2. The van der Waals surface area contributed by atoms with Crippen LogP contribution >= 0.6 is 0 Å². The summed E-state index contributed by atoms with van der Waals surface area (Å²) in [5.74, 6) is 0.803. The maximum Gasteiger partial charge on any atom is 0.264 e. The molecule has 3 rings (SSSR count). The first kappa shape index (κ1) is 13.3. The largest absolute Gasteiger partial charge is 0.338 e. The summed E-state index contributed by atoms with van der Waals surface area (Å²) in [6, 6.07) is 1.57. The first-order valence-corrected chi connectivity index (χ1v) is 7.57. The molecule has 20 heavy (non-hydrogen) atoms. The second kappa shape index (κ2) is 5.77. The van der Waals surface area contributed by atoms with Crippen LogP contribution in [-0.4, -0.2) is 27.5 Å². The monoisotopic (exact) mass is 275 g/mol. The Hall–Kier alpha value is -1.65. The summed E-state index contributed by atoms with van der Waals surface area (Å²) in [7, 11) is 0. The van der Waals surface area contributed by atoms with Gasteiger partial charge in [-0.15, -0.1) is 0 Å². The number of hydrogen-bond acceptors (Lipinski definition) is 3. The average Bonchev–Trinajstić information content (AvgIpc) is 2.47.